The van der Waals surface area contributed by atoms with Crippen molar-refractivity contribution in [1.82, 2.24) is 14.7 Å². The third-order valence-corrected chi connectivity index (χ3v) is 5.92. The summed E-state index contributed by atoms with van der Waals surface area (Å²) < 4.78 is 13.1. The Hall–Kier alpha value is -2.80. The van der Waals surface area contributed by atoms with Crippen molar-refractivity contribution < 1.29 is 14.0 Å². The Morgan fingerprint density at radius 2 is 1.80 bits per heavy atom. The quantitative estimate of drug-likeness (QED) is 0.780. The fraction of sp³-hybridized carbons (Fsp3) is 0.364. The standard InChI is InChI=1S/C22H24ClFN4O2/c23-17-2-1-3-19(14-17)25-21(29)26-10-8-20(9-11-26)28-13-12-27(22(28)30)15-16-4-6-18(24)7-5-16/h1-7,14,20H,8-13,15H2,(H,25,29). The number of benzene rings is 2. The molecule has 0 aliphatic carbocycles. The van der Waals surface area contributed by atoms with Gasteiger partial charge in [-0.3, -0.25) is 0 Å². The number of hydrogen-bond donors (Lipinski definition) is 1. The zero-order chi connectivity index (χ0) is 21.1. The second kappa shape index (κ2) is 8.92. The van der Waals surface area contributed by atoms with E-state index in [1.807, 2.05) is 4.90 Å². The number of amides is 4. The van der Waals surface area contributed by atoms with Crippen molar-refractivity contribution in [3.63, 3.8) is 0 Å². The molecular formula is C22H24ClFN4O2. The molecule has 30 heavy (non-hydrogen) atoms. The maximum absolute atomic E-state index is 13.1. The van der Waals surface area contributed by atoms with Crippen LogP contribution in [-0.2, 0) is 6.54 Å². The van der Waals surface area contributed by atoms with Crippen molar-refractivity contribution >= 4 is 29.4 Å². The maximum atomic E-state index is 13.1. The number of nitrogens with zero attached hydrogens (tertiary/aromatic N) is 3. The molecule has 0 radical (unpaired) electrons. The monoisotopic (exact) mass is 430 g/mol. The third-order valence-electron chi connectivity index (χ3n) is 5.68. The molecular weight excluding hydrogens is 407 g/mol. The predicted octanol–water partition coefficient (Wildman–Crippen LogP) is 4.41. The predicted molar refractivity (Wildman–Crippen MR) is 114 cm³/mol. The van der Waals surface area contributed by atoms with E-state index in [-0.39, 0.29) is 23.9 Å². The summed E-state index contributed by atoms with van der Waals surface area (Å²) in [6.07, 6.45) is 1.50. The van der Waals surface area contributed by atoms with Gasteiger partial charge in [0.15, 0.2) is 0 Å². The van der Waals surface area contributed by atoms with Gasteiger partial charge in [-0.15, -0.1) is 0 Å². The smallest absolute Gasteiger partial charge is 0.321 e. The minimum atomic E-state index is -0.278. The Balaban J connectivity index is 1.28. The molecule has 1 N–H and O–H groups in total. The van der Waals surface area contributed by atoms with E-state index in [1.54, 1.807) is 46.2 Å². The van der Waals surface area contributed by atoms with Crippen LogP contribution >= 0.6 is 11.6 Å². The molecule has 0 atom stereocenters. The second-order valence-corrected chi connectivity index (χ2v) is 8.12. The van der Waals surface area contributed by atoms with E-state index >= 15 is 0 Å². The molecule has 2 aromatic carbocycles. The Kier molecular flexibility index (Phi) is 6.08. The number of rotatable bonds is 4. The number of hydrogen-bond acceptors (Lipinski definition) is 2. The lowest BCUT2D eigenvalue weighted by molar-refractivity contribution is 0.139. The first kappa shape index (κ1) is 20.5. The van der Waals surface area contributed by atoms with Crippen molar-refractivity contribution in [2.24, 2.45) is 0 Å². The van der Waals surface area contributed by atoms with Crippen LogP contribution in [0.1, 0.15) is 18.4 Å². The summed E-state index contributed by atoms with van der Waals surface area (Å²) in [4.78, 5) is 30.8. The summed E-state index contributed by atoms with van der Waals surface area (Å²) in [5, 5.41) is 3.44. The number of halogens is 2. The van der Waals surface area contributed by atoms with Crippen LogP contribution in [0.3, 0.4) is 0 Å². The van der Waals surface area contributed by atoms with E-state index in [2.05, 4.69) is 5.32 Å². The average Bonchev–Trinajstić information content (AvgIpc) is 3.10. The highest BCUT2D eigenvalue weighted by Crippen LogP contribution is 2.23. The van der Waals surface area contributed by atoms with Gasteiger partial charge in [0.25, 0.3) is 0 Å². The molecule has 0 aromatic heterocycles. The zero-order valence-corrected chi connectivity index (χ0v) is 17.3. The molecule has 0 unspecified atom stereocenters. The van der Waals surface area contributed by atoms with E-state index in [1.165, 1.54) is 12.1 Å². The van der Waals surface area contributed by atoms with Crippen LogP contribution in [0, 0.1) is 5.82 Å². The molecule has 2 saturated heterocycles. The van der Waals surface area contributed by atoms with Crippen LogP contribution in [0.15, 0.2) is 48.5 Å². The van der Waals surface area contributed by atoms with Gasteiger partial charge in [0.05, 0.1) is 0 Å². The SMILES string of the molecule is O=C(Nc1cccc(Cl)c1)N1CCC(N2CCN(Cc3ccc(F)cc3)C2=O)CC1. The first-order valence-electron chi connectivity index (χ1n) is 10.1. The number of carbonyl (C=O) groups is 2. The highest BCUT2D eigenvalue weighted by atomic mass is 35.5. The lowest BCUT2D eigenvalue weighted by Gasteiger charge is -2.36. The molecule has 8 heteroatoms. The second-order valence-electron chi connectivity index (χ2n) is 7.68. The zero-order valence-electron chi connectivity index (χ0n) is 16.6. The molecule has 2 aromatic rings. The number of carbonyl (C=O) groups excluding carboxylic acids is 2. The fourth-order valence-corrected chi connectivity index (χ4v) is 4.24. The van der Waals surface area contributed by atoms with E-state index in [4.69, 9.17) is 11.6 Å². The minimum absolute atomic E-state index is 0.0150. The van der Waals surface area contributed by atoms with Crippen molar-refractivity contribution in [2.45, 2.75) is 25.4 Å². The number of anilines is 1. The Bertz CT molecular complexity index is 916. The van der Waals surface area contributed by atoms with E-state index in [0.29, 0.717) is 43.4 Å². The first-order chi connectivity index (χ1) is 14.5. The molecule has 2 aliphatic heterocycles. The average molecular weight is 431 g/mol. The summed E-state index contributed by atoms with van der Waals surface area (Å²) >= 11 is 5.97. The summed E-state index contributed by atoms with van der Waals surface area (Å²) in [7, 11) is 0. The molecule has 4 rings (SSSR count). The number of likely N-dealkylation sites (tertiary alicyclic amines) is 1. The molecule has 4 amide bonds. The molecule has 158 valence electrons. The molecule has 0 bridgehead atoms. The number of nitrogens with one attached hydrogen (secondary N) is 1. The van der Waals surface area contributed by atoms with E-state index in [0.717, 1.165) is 18.4 Å². The largest absolute Gasteiger partial charge is 0.324 e. The molecule has 2 aliphatic rings. The van der Waals surface area contributed by atoms with Crippen LogP contribution in [-0.4, -0.2) is 59.0 Å². The van der Waals surface area contributed by atoms with Crippen LogP contribution in [0.25, 0.3) is 0 Å². The van der Waals surface area contributed by atoms with Gasteiger partial charge in [-0.1, -0.05) is 29.8 Å². The molecule has 0 spiro atoms. The third kappa shape index (κ3) is 4.67. The fourth-order valence-electron chi connectivity index (χ4n) is 4.05. The molecule has 0 saturated carbocycles. The normalized spacial score (nSPS) is 17.5. The van der Waals surface area contributed by atoms with Gasteiger partial charge in [0.2, 0.25) is 0 Å². The maximum Gasteiger partial charge on any atom is 0.321 e. The Morgan fingerprint density at radius 1 is 1.07 bits per heavy atom. The Labute approximate surface area is 180 Å². The summed E-state index contributed by atoms with van der Waals surface area (Å²) in [6, 6.07) is 13.3. The first-order valence-corrected chi connectivity index (χ1v) is 10.5. The van der Waals surface area contributed by atoms with Crippen molar-refractivity contribution in [3.05, 3.63) is 64.9 Å². The lowest BCUT2D eigenvalue weighted by atomic mass is 10.0. The lowest BCUT2D eigenvalue weighted by Crippen LogP contribution is -2.49. The molecule has 2 heterocycles. The van der Waals surface area contributed by atoms with Gasteiger partial charge in [-0.25, -0.2) is 14.0 Å². The minimum Gasteiger partial charge on any atom is -0.324 e. The highest BCUT2D eigenvalue weighted by Gasteiger charge is 2.36. The van der Waals surface area contributed by atoms with Gasteiger partial charge in [-0.2, -0.15) is 0 Å². The topological polar surface area (TPSA) is 55.9 Å². The number of urea groups is 2. The highest BCUT2D eigenvalue weighted by molar-refractivity contribution is 6.30. The van der Waals surface area contributed by atoms with Crippen LogP contribution in [0.2, 0.25) is 5.02 Å². The van der Waals surface area contributed by atoms with Crippen LogP contribution in [0.4, 0.5) is 19.7 Å². The Morgan fingerprint density at radius 3 is 2.50 bits per heavy atom. The van der Waals surface area contributed by atoms with E-state index in [9.17, 15) is 14.0 Å². The molecule has 6 nitrogen and oxygen atoms in total. The van der Waals surface area contributed by atoms with Gasteiger partial charge >= 0.3 is 12.1 Å². The van der Waals surface area contributed by atoms with Crippen LogP contribution in [0.5, 0.6) is 0 Å². The van der Waals surface area contributed by atoms with Gasteiger partial charge in [0.1, 0.15) is 5.82 Å². The summed E-state index contributed by atoms with van der Waals surface area (Å²) in [5.74, 6) is -0.278. The van der Waals surface area contributed by atoms with Crippen molar-refractivity contribution in [1.29, 1.82) is 0 Å². The summed E-state index contributed by atoms with van der Waals surface area (Å²) in [6.45, 7) is 3.01. The number of piperidine rings is 1. The van der Waals surface area contributed by atoms with Crippen LogP contribution < -0.4 is 5.32 Å². The van der Waals surface area contributed by atoms with Crippen molar-refractivity contribution in [2.75, 3.05) is 31.5 Å². The van der Waals surface area contributed by atoms with Crippen molar-refractivity contribution in [3.8, 4) is 0 Å². The van der Waals surface area contributed by atoms with Gasteiger partial charge < -0.3 is 20.0 Å². The van der Waals surface area contributed by atoms with Gasteiger partial charge in [-0.05, 0) is 48.7 Å². The van der Waals surface area contributed by atoms with E-state index < -0.39 is 0 Å². The molecule has 2 fully saturated rings. The summed E-state index contributed by atoms with van der Waals surface area (Å²) in [5.41, 5.74) is 1.58. The van der Waals surface area contributed by atoms with Gasteiger partial charge in [0, 0.05) is 49.5 Å².